The monoisotopic (exact) mass is 523 g/mol. The molecule has 0 radical (unpaired) electrons. The predicted octanol–water partition coefficient (Wildman–Crippen LogP) is 0.579. The number of pyridine rings is 1. The summed E-state index contributed by atoms with van der Waals surface area (Å²) in [5.74, 6) is -2.11. The first-order chi connectivity index (χ1) is 18.2. The summed E-state index contributed by atoms with van der Waals surface area (Å²) < 4.78 is 2.59. The van der Waals surface area contributed by atoms with Gasteiger partial charge in [0.1, 0.15) is 23.2 Å². The van der Waals surface area contributed by atoms with E-state index in [1.807, 2.05) is 0 Å². The molecule has 3 aromatic rings. The van der Waals surface area contributed by atoms with E-state index in [1.54, 1.807) is 24.4 Å². The van der Waals surface area contributed by atoms with Crippen LogP contribution in [0.5, 0.6) is 0 Å². The smallest absolute Gasteiger partial charge is 0.329 e. The zero-order valence-corrected chi connectivity index (χ0v) is 20.9. The van der Waals surface area contributed by atoms with Crippen LogP contribution in [0.1, 0.15) is 51.1 Å². The van der Waals surface area contributed by atoms with Crippen molar-refractivity contribution in [2.24, 2.45) is 11.7 Å². The SMILES string of the molecule is CC(=O)C[C@@H](C(=O)O)n1cc(-c2cccc(-c3cn([C@@H](CCC(N)=O)C(=O)C4CCNCC4)nn3)n2)nn1. The van der Waals surface area contributed by atoms with Crippen LogP contribution in [0.4, 0.5) is 0 Å². The number of rotatable bonds is 12. The molecular weight excluding hydrogens is 494 g/mol. The summed E-state index contributed by atoms with van der Waals surface area (Å²) in [7, 11) is 0. The van der Waals surface area contributed by atoms with Crippen LogP contribution < -0.4 is 11.1 Å². The average Bonchev–Trinajstić information content (AvgIpc) is 3.58. The number of Topliss-reactive ketones (excluding diaryl/α,β-unsaturated/α-hetero) is 2. The number of carbonyl (C=O) groups excluding carboxylic acids is 3. The van der Waals surface area contributed by atoms with Crippen molar-refractivity contribution < 1.29 is 24.3 Å². The van der Waals surface area contributed by atoms with Crippen molar-refractivity contribution in [3.05, 3.63) is 30.6 Å². The Morgan fingerprint density at radius 3 is 2.11 bits per heavy atom. The summed E-state index contributed by atoms with van der Waals surface area (Å²) in [6.45, 7) is 2.82. The highest BCUT2D eigenvalue weighted by atomic mass is 16.4. The highest BCUT2D eigenvalue weighted by Crippen LogP contribution is 2.26. The molecule has 4 heterocycles. The van der Waals surface area contributed by atoms with Gasteiger partial charge in [-0.1, -0.05) is 16.5 Å². The first-order valence-corrected chi connectivity index (χ1v) is 12.3. The number of primary amides is 1. The van der Waals surface area contributed by atoms with Gasteiger partial charge in [-0.05, 0) is 51.4 Å². The van der Waals surface area contributed by atoms with Crippen molar-refractivity contribution >= 4 is 23.4 Å². The fourth-order valence-corrected chi connectivity index (χ4v) is 4.44. The molecule has 3 aromatic heterocycles. The Labute approximate surface area is 217 Å². The molecule has 0 unspecified atom stereocenters. The van der Waals surface area contributed by atoms with E-state index in [0.29, 0.717) is 35.6 Å². The van der Waals surface area contributed by atoms with E-state index < -0.39 is 24.0 Å². The number of amides is 1. The molecule has 0 bridgehead atoms. The number of hydrogen-bond donors (Lipinski definition) is 3. The molecule has 0 spiro atoms. The zero-order valence-electron chi connectivity index (χ0n) is 20.9. The molecule has 1 fully saturated rings. The Morgan fingerprint density at radius 2 is 1.58 bits per heavy atom. The summed E-state index contributed by atoms with van der Waals surface area (Å²) in [6.07, 6.45) is 4.51. The molecule has 1 aliphatic rings. The molecule has 14 heteroatoms. The van der Waals surface area contributed by atoms with Crippen LogP contribution in [0.2, 0.25) is 0 Å². The van der Waals surface area contributed by atoms with Crippen LogP contribution in [0.25, 0.3) is 22.8 Å². The summed E-state index contributed by atoms with van der Waals surface area (Å²) in [4.78, 5) is 52.4. The second kappa shape index (κ2) is 11.8. The number of nitrogens with two attached hydrogens (primary N) is 1. The van der Waals surface area contributed by atoms with Gasteiger partial charge in [-0.3, -0.25) is 14.4 Å². The van der Waals surface area contributed by atoms with Gasteiger partial charge in [-0.25, -0.2) is 19.1 Å². The van der Waals surface area contributed by atoms with Crippen LogP contribution in [0.15, 0.2) is 30.6 Å². The average molecular weight is 524 g/mol. The summed E-state index contributed by atoms with van der Waals surface area (Å²) in [5.41, 5.74) is 6.92. The maximum absolute atomic E-state index is 13.3. The summed E-state index contributed by atoms with van der Waals surface area (Å²) in [5, 5.41) is 29.0. The second-order valence-corrected chi connectivity index (χ2v) is 9.28. The molecule has 38 heavy (non-hydrogen) atoms. The molecule has 1 aliphatic heterocycles. The van der Waals surface area contributed by atoms with Gasteiger partial charge in [0.25, 0.3) is 0 Å². The van der Waals surface area contributed by atoms with E-state index in [9.17, 15) is 24.3 Å². The highest BCUT2D eigenvalue weighted by Gasteiger charge is 2.31. The number of aromatic nitrogens is 7. The predicted molar refractivity (Wildman–Crippen MR) is 132 cm³/mol. The minimum Gasteiger partial charge on any atom is -0.480 e. The molecule has 0 aliphatic carbocycles. The Kier molecular flexibility index (Phi) is 8.31. The molecule has 4 rings (SSSR count). The number of piperidine rings is 1. The van der Waals surface area contributed by atoms with Crippen LogP contribution in [-0.4, -0.2) is 76.6 Å². The van der Waals surface area contributed by atoms with Gasteiger partial charge in [-0.2, -0.15) is 0 Å². The molecule has 2 atom stereocenters. The Hall–Kier alpha value is -4.33. The zero-order chi connectivity index (χ0) is 27.2. The minimum absolute atomic E-state index is 0.000990. The van der Waals surface area contributed by atoms with Gasteiger partial charge in [0.05, 0.1) is 23.8 Å². The van der Waals surface area contributed by atoms with Gasteiger partial charge in [-0.15, -0.1) is 10.2 Å². The van der Waals surface area contributed by atoms with E-state index >= 15 is 0 Å². The van der Waals surface area contributed by atoms with Gasteiger partial charge in [0.15, 0.2) is 11.8 Å². The summed E-state index contributed by atoms with van der Waals surface area (Å²) in [6, 6.07) is 3.27. The van der Waals surface area contributed by atoms with E-state index in [1.165, 1.54) is 17.8 Å². The number of carbonyl (C=O) groups is 4. The van der Waals surface area contributed by atoms with E-state index in [-0.39, 0.29) is 36.7 Å². The van der Waals surface area contributed by atoms with Crippen molar-refractivity contribution in [3.8, 4) is 22.8 Å². The van der Waals surface area contributed by atoms with E-state index in [2.05, 4.69) is 30.9 Å². The van der Waals surface area contributed by atoms with Crippen LogP contribution in [0, 0.1) is 5.92 Å². The Morgan fingerprint density at radius 1 is 1.00 bits per heavy atom. The standard InChI is InChI=1S/C24H29N9O5/c1-14(34)11-21(24(37)38)33-13-19(29-31-33)17-4-2-3-16(27-17)18-12-32(30-28-18)20(5-6-22(25)35)23(36)15-7-9-26-10-8-15/h2-4,12-13,15,20-21,26H,5-11H2,1H3,(H2,25,35)(H,37,38)/t20-,21-/m0/s1. The molecule has 14 nitrogen and oxygen atoms in total. The molecule has 0 saturated carbocycles. The van der Waals surface area contributed by atoms with Crippen LogP contribution >= 0.6 is 0 Å². The van der Waals surface area contributed by atoms with Crippen molar-refractivity contribution in [3.63, 3.8) is 0 Å². The van der Waals surface area contributed by atoms with Gasteiger partial charge >= 0.3 is 5.97 Å². The number of carboxylic acid groups (broad SMARTS) is 1. The highest BCUT2D eigenvalue weighted by molar-refractivity contribution is 5.86. The fraction of sp³-hybridized carbons (Fsp3) is 0.458. The number of hydrogen-bond acceptors (Lipinski definition) is 10. The van der Waals surface area contributed by atoms with Crippen molar-refractivity contribution in [2.45, 2.75) is 51.1 Å². The van der Waals surface area contributed by atoms with Crippen molar-refractivity contribution in [2.75, 3.05) is 13.1 Å². The number of ketones is 2. The number of nitrogens with zero attached hydrogens (tertiary/aromatic N) is 7. The number of aliphatic carboxylic acids is 1. The largest absolute Gasteiger partial charge is 0.480 e. The number of nitrogens with one attached hydrogen (secondary N) is 1. The minimum atomic E-state index is -1.19. The Balaban J connectivity index is 1.58. The lowest BCUT2D eigenvalue weighted by molar-refractivity contribution is -0.143. The maximum atomic E-state index is 13.3. The second-order valence-electron chi connectivity index (χ2n) is 9.28. The number of carboxylic acids is 1. The van der Waals surface area contributed by atoms with Crippen molar-refractivity contribution in [1.29, 1.82) is 0 Å². The third-order valence-electron chi connectivity index (χ3n) is 6.43. The van der Waals surface area contributed by atoms with Gasteiger partial charge < -0.3 is 16.2 Å². The molecule has 1 saturated heterocycles. The van der Waals surface area contributed by atoms with E-state index in [0.717, 1.165) is 17.8 Å². The van der Waals surface area contributed by atoms with Crippen molar-refractivity contribution in [1.82, 2.24) is 40.3 Å². The normalized spacial score (nSPS) is 15.6. The lowest BCUT2D eigenvalue weighted by Gasteiger charge is -2.25. The molecule has 1 amide bonds. The fourth-order valence-electron chi connectivity index (χ4n) is 4.44. The van der Waals surface area contributed by atoms with Crippen LogP contribution in [0.3, 0.4) is 0 Å². The molecule has 200 valence electrons. The third kappa shape index (κ3) is 6.32. The Bertz CT molecular complexity index is 1330. The summed E-state index contributed by atoms with van der Waals surface area (Å²) >= 11 is 0. The third-order valence-corrected chi connectivity index (χ3v) is 6.43. The lowest BCUT2D eigenvalue weighted by atomic mass is 9.88. The first kappa shape index (κ1) is 26.7. The quantitative estimate of drug-likeness (QED) is 0.300. The maximum Gasteiger partial charge on any atom is 0.329 e. The first-order valence-electron chi connectivity index (χ1n) is 12.3. The van der Waals surface area contributed by atoms with E-state index in [4.69, 9.17) is 5.73 Å². The lowest BCUT2D eigenvalue weighted by Crippen LogP contribution is -2.36. The molecule has 4 N–H and O–H groups in total. The van der Waals surface area contributed by atoms with Crippen LogP contribution in [-0.2, 0) is 19.2 Å². The molecule has 0 aromatic carbocycles. The van der Waals surface area contributed by atoms with Gasteiger partial charge in [0, 0.05) is 18.8 Å². The molecular formula is C24H29N9O5. The van der Waals surface area contributed by atoms with Gasteiger partial charge in [0.2, 0.25) is 5.91 Å². The topological polar surface area (TPSA) is 201 Å².